The Balaban J connectivity index is 1.70. The number of carbonyl (C=O) groups is 2. The van der Waals surface area contributed by atoms with Crippen molar-refractivity contribution < 1.29 is 22.4 Å². The molecule has 1 saturated carbocycles. The van der Waals surface area contributed by atoms with Crippen LogP contribution < -0.4 is 9.62 Å². The van der Waals surface area contributed by atoms with Gasteiger partial charge in [0.2, 0.25) is 11.8 Å². The molecule has 2 amide bonds. The van der Waals surface area contributed by atoms with Crippen molar-refractivity contribution in [2.24, 2.45) is 0 Å². The Bertz CT molecular complexity index is 1480. The number of halogens is 3. The summed E-state index contributed by atoms with van der Waals surface area (Å²) in [4.78, 5) is 28.5. The highest BCUT2D eigenvalue weighted by Crippen LogP contribution is 2.33. The van der Waals surface area contributed by atoms with E-state index in [0.29, 0.717) is 0 Å². The van der Waals surface area contributed by atoms with E-state index in [2.05, 4.69) is 5.32 Å². The minimum atomic E-state index is -4.28. The number of amides is 2. The van der Waals surface area contributed by atoms with Gasteiger partial charge in [-0.3, -0.25) is 13.9 Å². The second kappa shape index (κ2) is 13.7. The maximum Gasteiger partial charge on any atom is 0.264 e. The summed E-state index contributed by atoms with van der Waals surface area (Å²) in [5, 5.41) is 3.33. The zero-order chi connectivity index (χ0) is 29.6. The fourth-order valence-electron chi connectivity index (χ4n) is 4.88. The number of anilines is 1. The lowest BCUT2D eigenvalue weighted by Crippen LogP contribution is -2.53. The van der Waals surface area contributed by atoms with Gasteiger partial charge in [0, 0.05) is 23.2 Å². The molecule has 11 heteroatoms. The summed E-state index contributed by atoms with van der Waals surface area (Å²) >= 11 is 12.5. The predicted octanol–water partition coefficient (Wildman–Crippen LogP) is 6.19. The molecule has 0 saturated heterocycles. The van der Waals surface area contributed by atoms with Gasteiger partial charge in [0.1, 0.15) is 18.4 Å². The van der Waals surface area contributed by atoms with Crippen LogP contribution in [0.1, 0.15) is 44.6 Å². The van der Waals surface area contributed by atoms with Crippen molar-refractivity contribution in [3.05, 3.63) is 94.2 Å². The number of benzene rings is 3. The summed E-state index contributed by atoms with van der Waals surface area (Å²) in [6, 6.07) is 16.8. The average molecular weight is 621 g/mol. The van der Waals surface area contributed by atoms with Gasteiger partial charge in [-0.1, -0.05) is 78.9 Å². The van der Waals surface area contributed by atoms with E-state index in [1.165, 1.54) is 53.4 Å². The first kappa shape index (κ1) is 30.8. The first-order chi connectivity index (χ1) is 19.6. The number of hydrogen-bond donors (Lipinski definition) is 1. The van der Waals surface area contributed by atoms with Crippen molar-refractivity contribution in [2.45, 2.75) is 62.6 Å². The predicted molar refractivity (Wildman–Crippen MR) is 159 cm³/mol. The molecule has 1 N–H and O–H groups in total. The molecule has 1 aliphatic carbocycles. The lowest BCUT2D eigenvalue weighted by molar-refractivity contribution is -0.139. The topological polar surface area (TPSA) is 86.8 Å². The standard InChI is InChI=1S/C30H32Cl2FN3O4S/c1-21(30(38)34-24-11-4-2-5-12-24)35(19-22-10-8-9-15-27(22)33)29(37)20-36(28-17-16-23(31)18-26(28)32)41(39,40)25-13-6-3-7-14-25/h3,6-10,13-18,21,24H,2,4-5,11-12,19-20H2,1H3,(H,34,38). The first-order valence-electron chi connectivity index (χ1n) is 13.4. The normalized spacial score (nSPS) is 14.7. The number of nitrogens with one attached hydrogen (secondary N) is 1. The van der Waals surface area contributed by atoms with Crippen molar-refractivity contribution in [1.82, 2.24) is 10.2 Å². The van der Waals surface area contributed by atoms with E-state index in [9.17, 15) is 22.4 Å². The van der Waals surface area contributed by atoms with E-state index < -0.39 is 34.3 Å². The summed E-state index contributed by atoms with van der Waals surface area (Å²) in [6.45, 7) is 0.634. The molecule has 0 heterocycles. The van der Waals surface area contributed by atoms with Crippen molar-refractivity contribution >= 4 is 50.7 Å². The Kier molecular flexibility index (Phi) is 10.3. The minimum Gasteiger partial charge on any atom is -0.352 e. The number of hydrogen-bond acceptors (Lipinski definition) is 4. The highest BCUT2D eigenvalue weighted by Gasteiger charge is 2.34. The summed E-state index contributed by atoms with van der Waals surface area (Å²) in [5.41, 5.74) is 0.235. The van der Waals surface area contributed by atoms with Crippen molar-refractivity contribution in [1.29, 1.82) is 0 Å². The zero-order valence-electron chi connectivity index (χ0n) is 22.6. The van der Waals surface area contributed by atoms with Crippen molar-refractivity contribution in [2.75, 3.05) is 10.8 Å². The van der Waals surface area contributed by atoms with Gasteiger partial charge in [-0.15, -0.1) is 0 Å². The van der Waals surface area contributed by atoms with Gasteiger partial charge < -0.3 is 10.2 Å². The average Bonchev–Trinajstić information content (AvgIpc) is 2.96. The Hall–Kier alpha value is -3.14. The second-order valence-electron chi connectivity index (χ2n) is 10.1. The van der Waals surface area contributed by atoms with Crippen molar-refractivity contribution in [3.8, 4) is 0 Å². The van der Waals surface area contributed by atoms with E-state index in [1.807, 2.05) is 0 Å². The fourth-order valence-corrected chi connectivity index (χ4v) is 6.89. The van der Waals surface area contributed by atoms with E-state index >= 15 is 0 Å². The maximum absolute atomic E-state index is 14.7. The number of rotatable bonds is 10. The molecule has 0 aliphatic heterocycles. The number of nitrogens with zero attached hydrogens (tertiary/aromatic N) is 2. The Morgan fingerprint density at radius 2 is 1.63 bits per heavy atom. The van der Waals surface area contributed by atoms with Crippen LogP contribution in [0.5, 0.6) is 0 Å². The van der Waals surface area contributed by atoms with E-state index in [0.717, 1.165) is 36.4 Å². The fraction of sp³-hybridized carbons (Fsp3) is 0.333. The molecule has 0 aromatic heterocycles. The van der Waals surface area contributed by atoms with Crippen LogP contribution in [-0.4, -0.2) is 43.8 Å². The lowest BCUT2D eigenvalue weighted by atomic mass is 9.95. The molecule has 1 fully saturated rings. The maximum atomic E-state index is 14.7. The SMILES string of the molecule is CC(C(=O)NC1CCCCC1)N(Cc1ccccc1F)C(=O)CN(c1ccc(Cl)cc1Cl)S(=O)(=O)c1ccccc1. The Labute approximate surface area is 250 Å². The highest BCUT2D eigenvalue weighted by molar-refractivity contribution is 7.92. The lowest BCUT2D eigenvalue weighted by Gasteiger charge is -2.33. The first-order valence-corrected chi connectivity index (χ1v) is 15.6. The third-order valence-electron chi connectivity index (χ3n) is 7.21. The third-order valence-corrected chi connectivity index (χ3v) is 9.52. The summed E-state index contributed by atoms with van der Waals surface area (Å²) in [6.07, 6.45) is 4.81. The molecule has 41 heavy (non-hydrogen) atoms. The Morgan fingerprint density at radius 3 is 2.29 bits per heavy atom. The summed E-state index contributed by atoms with van der Waals surface area (Å²) < 4.78 is 43.3. The van der Waals surface area contributed by atoms with Crippen LogP contribution in [0.25, 0.3) is 0 Å². The quantitative estimate of drug-likeness (QED) is 0.293. The molecule has 3 aromatic carbocycles. The van der Waals surface area contributed by atoms with Crippen LogP contribution in [0.3, 0.4) is 0 Å². The summed E-state index contributed by atoms with van der Waals surface area (Å²) in [5.74, 6) is -1.63. The van der Waals surface area contributed by atoms with Gasteiger partial charge in [-0.05, 0) is 56.2 Å². The van der Waals surface area contributed by atoms with Crippen LogP contribution >= 0.6 is 23.2 Å². The third kappa shape index (κ3) is 7.58. The minimum absolute atomic E-state index is 0.00746. The molecule has 0 radical (unpaired) electrons. The molecule has 3 aromatic rings. The van der Waals surface area contributed by atoms with E-state index in [-0.39, 0.29) is 44.7 Å². The summed E-state index contributed by atoms with van der Waals surface area (Å²) in [7, 11) is -4.28. The second-order valence-corrected chi connectivity index (χ2v) is 12.8. The largest absolute Gasteiger partial charge is 0.352 e. The molecule has 4 rings (SSSR count). The van der Waals surface area contributed by atoms with E-state index in [1.54, 1.807) is 31.2 Å². The molecule has 1 aliphatic rings. The molecule has 218 valence electrons. The van der Waals surface area contributed by atoms with Gasteiger partial charge in [0.05, 0.1) is 15.6 Å². The van der Waals surface area contributed by atoms with Crippen molar-refractivity contribution in [3.63, 3.8) is 0 Å². The van der Waals surface area contributed by atoms with Crippen LogP contribution in [-0.2, 0) is 26.2 Å². The molecular weight excluding hydrogens is 588 g/mol. The van der Waals surface area contributed by atoms with Gasteiger partial charge in [0.25, 0.3) is 10.0 Å². The van der Waals surface area contributed by atoms with Crippen LogP contribution in [0.4, 0.5) is 10.1 Å². The molecule has 0 bridgehead atoms. The van der Waals surface area contributed by atoms with Gasteiger partial charge in [-0.2, -0.15) is 0 Å². The van der Waals surface area contributed by atoms with Gasteiger partial charge >= 0.3 is 0 Å². The molecule has 7 nitrogen and oxygen atoms in total. The molecule has 1 unspecified atom stereocenters. The van der Waals surface area contributed by atoms with Crippen LogP contribution in [0.15, 0.2) is 77.7 Å². The van der Waals surface area contributed by atoms with Crippen LogP contribution in [0, 0.1) is 5.82 Å². The van der Waals surface area contributed by atoms with Gasteiger partial charge in [0.15, 0.2) is 0 Å². The smallest absolute Gasteiger partial charge is 0.264 e. The molecule has 0 spiro atoms. The zero-order valence-corrected chi connectivity index (χ0v) is 24.9. The highest BCUT2D eigenvalue weighted by atomic mass is 35.5. The molecular formula is C30H32Cl2FN3O4S. The number of sulfonamides is 1. The Morgan fingerprint density at radius 1 is 0.976 bits per heavy atom. The van der Waals surface area contributed by atoms with Crippen LogP contribution in [0.2, 0.25) is 10.0 Å². The van der Waals surface area contributed by atoms with E-state index in [4.69, 9.17) is 23.2 Å². The number of carbonyl (C=O) groups excluding carboxylic acids is 2. The molecule has 1 atom stereocenters. The monoisotopic (exact) mass is 619 g/mol. The van der Waals surface area contributed by atoms with Gasteiger partial charge in [-0.25, -0.2) is 12.8 Å².